The van der Waals surface area contributed by atoms with Gasteiger partial charge in [0.15, 0.2) is 0 Å². The molecule has 3 saturated carbocycles. The van der Waals surface area contributed by atoms with E-state index in [1.165, 1.54) is 5.57 Å². The molecule has 272 valence electrons. The zero-order valence-electron chi connectivity index (χ0n) is 30.6. The van der Waals surface area contributed by atoms with Crippen molar-refractivity contribution < 1.29 is 25.8 Å². The zero-order chi connectivity index (χ0) is 35.4. The largest absolute Gasteiger partial charge is 0.356 e. The molecule has 4 aliphatic carbocycles. The van der Waals surface area contributed by atoms with Gasteiger partial charge in [0.2, 0.25) is 10.0 Å². The molecule has 0 aromatic heterocycles. The Kier molecular flexibility index (Phi) is 8.40. The molecule has 11 atom stereocenters. The van der Waals surface area contributed by atoms with Crippen molar-refractivity contribution in [1.29, 1.82) is 0 Å². The van der Waals surface area contributed by atoms with Crippen LogP contribution >= 0.6 is 0 Å². The van der Waals surface area contributed by atoms with Gasteiger partial charge in [-0.25, -0.2) is 8.42 Å². The molecule has 0 unspecified atom stereocenters. The van der Waals surface area contributed by atoms with Gasteiger partial charge in [0, 0.05) is 12.5 Å². The first-order valence-electron chi connectivity index (χ1n) is 19.1. The Labute approximate surface area is 300 Å². The smallest absolute Gasteiger partial charge is 0.297 e. The van der Waals surface area contributed by atoms with Crippen molar-refractivity contribution in [2.24, 2.45) is 46.3 Å². The molecule has 50 heavy (non-hydrogen) atoms. The van der Waals surface area contributed by atoms with Crippen molar-refractivity contribution in [1.82, 2.24) is 4.31 Å². The van der Waals surface area contributed by atoms with Gasteiger partial charge < -0.3 is 4.74 Å². The van der Waals surface area contributed by atoms with E-state index < -0.39 is 25.9 Å². The van der Waals surface area contributed by atoms with E-state index in [9.17, 15) is 16.8 Å². The molecule has 2 saturated heterocycles. The number of sulfonamides is 1. The molecule has 1 spiro atoms. The molecule has 2 aromatic rings. The molecule has 6 aliphatic rings. The second kappa shape index (κ2) is 12.0. The van der Waals surface area contributed by atoms with E-state index >= 15 is 0 Å². The molecule has 9 heteroatoms. The van der Waals surface area contributed by atoms with Crippen LogP contribution in [0, 0.1) is 60.2 Å². The van der Waals surface area contributed by atoms with Crippen LogP contribution in [-0.2, 0) is 29.1 Å². The second-order valence-electron chi connectivity index (χ2n) is 17.6. The molecule has 7 nitrogen and oxygen atoms in total. The van der Waals surface area contributed by atoms with E-state index in [4.69, 9.17) is 8.92 Å². The summed E-state index contributed by atoms with van der Waals surface area (Å²) in [5.41, 5.74) is 2.77. The lowest BCUT2D eigenvalue weighted by molar-refractivity contribution is -0.161. The van der Waals surface area contributed by atoms with Gasteiger partial charge in [0.25, 0.3) is 10.1 Å². The van der Waals surface area contributed by atoms with Crippen molar-refractivity contribution in [3.8, 4) is 0 Å². The third kappa shape index (κ3) is 5.26. The van der Waals surface area contributed by atoms with E-state index in [1.807, 2.05) is 38.1 Å². The second-order valence-corrected chi connectivity index (χ2v) is 21.0. The standard InChI is InChI=1S/C41H55NO6S2/c1-26-7-12-32(13-8-26)49(43,44)42-25-28(3)17-22-41(42)29(4)38-37(47-41)24-36-34-16-11-30-23-31(48-50(45,46)33-14-9-27(2)10-15-33)18-20-39(30,5)35(34)19-21-40(36,38)6/h7-15,28-29,31,34-38H,16-25H2,1-6H3/t28-,29-,31+,34-,35+,36-,37-,38-,39-,40-,41+/m0/s1. The molecular weight excluding hydrogens is 667 g/mol. The summed E-state index contributed by atoms with van der Waals surface area (Å²) in [6.07, 6.45) is 10.5. The van der Waals surface area contributed by atoms with E-state index in [1.54, 1.807) is 28.6 Å². The fraction of sp³-hybridized carbons (Fsp3) is 0.659. The maximum atomic E-state index is 14.4. The molecule has 2 aliphatic heterocycles. The number of nitrogens with zero attached hydrogens (tertiary/aromatic N) is 1. The normalized spacial score (nSPS) is 41.6. The highest BCUT2D eigenvalue weighted by molar-refractivity contribution is 7.89. The maximum absolute atomic E-state index is 14.4. The lowest BCUT2D eigenvalue weighted by atomic mass is 9.47. The number of hydrogen-bond donors (Lipinski definition) is 0. The highest BCUT2D eigenvalue weighted by Gasteiger charge is 2.70. The molecule has 2 aromatic carbocycles. The van der Waals surface area contributed by atoms with Crippen LogP contribution in [0.3, 0.4) is 0 Å². The fourth-order valence-electron chi connectivity index (χ4n) is 12.2. The van der Waals surface area contributed by atoms with Crippen molar-refractivity contribution in [3.05, 3.63) is 71.3 Å². The van der Waals surface area contributed by atoms with Crippen LogP contribution in [0.15, 0.2) is 70.0 Å². The quantitative estimate of drug-likeness (QED) is 0.228. The third-order valence-corrected chi connectivity index (χ3v) is 18.1. The van der Waals surface area contributed by atoms with Crippen LogP contribution in [0.5, 0.6) is 0 Å². The third-order valence-electron chi connectivity index (χ3n) is 14.8. The molecule has 0 amide bonds. The van der Waals surface area contributed by atoms with Crippen LogP contribution in [0.4, 0.5) is 0 Å². The average molecular weight is 722 g/mol. The minimum Gasteiger partial charge on any atom is -0.356 e. The first-order valence-corrected chi connectivity index (χ1v) is 21.9. The van der Waals surface area contributed by atoms with Crippen LogP contribution in [0.1, 0.15) is 96.6 Å². The lowest BCUT2D eigenvalue weighted by Crippen LogP contribution is -2.60. The predicted octanol–water partition coefficient (Wildman–Crippen LogP) is 8.42. The van der Waals surface area contributed by atoms with Crippen molar-refractivity contribution in [2.75, 3.05) is 6.54 Å². The summed E-state index contributed by atoms with van der Waals surface area (Å²) < 4.78 is 70.0. The van der Waals surface area contributed by atoms with Crippen molar-refractivity contribution in [2.45, 2.75) is 127 Å². The molecule has 0 N–H and O–H groups in total. The fourth-order valence-corrected chi connectivity index (χ4v) is 15.2. The summed E-state index contributed by atoms with van der Waals surface area (Å²) >= 11 is 0. The topological polar surface area (TPSA) is 90.0 Å². The minimum atomic E-state index is -3.82. The van der Waals surface area contributed by atoms with Crippen LogP contribution in [0.2, 0.25) is 0 Å². The van der Waals surface area contributed by atoms with Gasteiger partial charge in [-0.3, -0.25) is 4.18 Å². The van der Waals surface area contributed by atoms with Crippen molar-refractivity contribution in [3.63, 3.8) is 0 Å². The van der Waals surface area contributed by atoms with Crippen LogP contribution < -0.4 is 0 Å². The van der Waals surface area contributed by atoms with Crippen LogP contribution in [-0.4, -0.2) is 45.6 Å². The molecule has 2 heterocycles. The highest BCUT2D eigenvalue weighted by atomic mass is 32.2. The summed E-state index contributed by atoms with van der Waals surface area (Å²) in [7, 11) is -7.56. The summed E-state index contributed by atoms with van der Waals surface area (Å²) in [5, 5.41) is 0. The molecule has 5 fully saturated rings. The number of ether oxygens (including phenoxy) is 1. The zero-order valence-corrected chi connectivity index (χ0v) is 32.2. The van der Waals surface area contributed by atoms with E-state index in [-0.39, 0.29) is 39.8 Å². The monoisotopic (exact) mass is 721 g/mol. The minimum absolute atomic E-state index is 0.0432. The molecule has 0 radical (unpaired) electrons. The Morgan fingerprint density at radius 3 is 2.16 bits per heavy atom. The SMILES string of the molecule is Cc1ccc(S(=O)(=O)O[C@@H]2CC[C@@]3(C)C(=CC[C@H]4[C@H]3CC[C@]3(C)[C@@H]5[C@H](C[C@@H]43)O[C@]3(CC[C@H](C)CN3S(=O)(=O)c3ccc(C)cc3)[C@H]5C)C2)cc1. The Bertz CT molecular complexity index is 1890. The first-order chi connectivity index (χ1) is 23.6. The van der Waals surface area contributed by atoms with E-state index in [0.29, 0.717) is 41.5 Å². The van der Waals surface area contributed by atoms with Crippen molar-refractivity contribution >= 4 is 20.1 Å². The van der Waals surface area contributed by atoms with Gasteiger partial charge in [-0.1, -0.05) is 74.7 Å². The molecule has 8 rings (SSSR count). The molecular formula is C41H55NO6S2. The predicted molar refractivity (Wildman–Crippen MR) is 194 cm³/mol. The Balaban J connectivity index is 1.03. The van der Waals surface area contributed by atoms with Gasteiger partial charge in [-0.05, 0) is 136 Å². The summed E-state index contributed by atoms with van der Waals surface area (Å²) in [4.78, 5) is 0.587. The number of hydrogen-bond acceptors (Lipinski definition) is 6. The van der Waals surface area contributed by atoms with Gasteiger partial charge in [-0.2, -0.15) is 12.7 Å². The van der Waals surface area contributed by atoms with Gasteiger partial charge in [0.05, 0.1) is 22.0 Å². The number of allylic oxidation sites excluding steroid dienone is 1. The van der Waals surface area contributed by atoms with Gasteiger partial charge in [0.1, 0.15) is 5.72 Å². The van der Waals surface area contributed by atoms with Crippen LogP contribution in [0.25, 0.3) is 0 Å². The summed E-state index contributed by atoms with van der Waals surface area (Å²) in [5.74, 6) is 2.31. The average Bonchev–Trinajstić information content (AvgIpc) is 3.52. The van der Waals surface area contributed by atoms with E-state index in [0.717, 1.165) is 62.5 Å². The Hall–Kier alpha value is -2.04. The maximum Gasteiger partial charge on any atom is 0.297 e. The highest BCUT2D eigenvalue weighted by Crippen LogP contribution is 2.71. The van der Waals surface area contributed by atoms with Gasteiger partial charge >= 0.3 is 0 Å². The number of benzene rings is 2. The number of aryl methyl sites for hydroxylation is 2. The lowest BCUT2D eigenvalue weighted by Gasteiger charge is -2.59. The van der Waals surface area contributed by atoms with Gasteiger partial charge in [-0.15, -0.1) is 0 Å². The number of fused-ring (bicyclic) bond motifs is 7. The van der Waals surface area contributed by atoms with E-state index in [2.05, 4.69) is 33.8 Å². The molecule has 0 bridgehead atoms. The Morgan fingerprint density at radius 1 is 0.820 bits per heavy atom. The summed E-state index contributed by atoms with van der Waals surface area (Å²) in [6.45, 7) is 13.8. The first kappa shape index (κ1) is 35.0. The summed E-state index contributed by atoms with van der Waals surface area (Å²) in [6, 6.07) is 14.2. The number of piperidine rings is 1. The number of rotatable bonds is 5. The Morgan fingerprint density at radius 2 is 1.48 bits per heavy atom.